The van der Waals surface area contributed by atoms with Crippen molar-refractivity contribution in [3.05, 3.63) is 53.6 Å². The van der Waals surface area contributed by atoms with E-state index in [1.54, 1.807) is 42.5 Å². The maximum Gasteiger partial charge on any atom is 0.310 e. The number of benzene rings is 2. The zero-order chi connectivity index (χ0) is 19.8. The van der Waals surface area contributed by atoms with Crippen molar-refractivity contribution in [1.82, 2.24) is 0 Å². The predicted molar refractivity (Wildman–Crippen MR) is 99.3 cm³/mol. The Bertz CT molecular complexity index is 846. The van der Waals surface area contributed by atoms with E-state index in [0.717, 1.165) is 0 Å². The molecule has 0 radical (unpaired) electrons. The molecule has 0 atom stereocenters. The van der Waals surface area contributed by atoms with Gasteiger partial charge >= 0.3 is 5.97 Å². The summed E-state index contributed by atoms with van der Waals surface area (Å²) in [6.07, 6.45) is -0.0162. The third kappa shape index (κ3) is 5.57. The largest absolute Gasteiger partial charge is 0.493 e. The van der Waals surface area contributed by atoms with Gasteiger partial charge in [-0.3, -0.25) is 14.4 Å². The molecule has 7 heteroatoms. The molecule has 0 aliphatic rings. The minimum absolute atomic E-state index is 0.0162. The van der Waals surface area contributed by atoms with Crippen LogP contribution in [0.4, 0.5) is 5.69 Å². The van der Waals surface area contributed by atoms with Gasteiger partial charge in [-0.05, 0) is 36.8 Å². The summed E-state index contributed by atoms with van der Waals surface area (Å²) in [4.78, 5) is 35.5. The highest BCUT2D eigenvalue weighted by Crippen LogP contribution is 2.27. The van der Waals surface area contributed by atoms with Crippen LogP contribution >= 0.6 is 0 Å². The summed E-state index contributed by atoms with van der Waals surface area (Å²) in [5, 5.41) is 2.57. The van der Waals surface area contributed by atoms with Crippen LogP contribution in [0.5, 0.6) is 11.5 Å². The molecule has 0 aromatic heterocycles. The van der Waals surface area contributed by atoms with Crippen molar-refractivity contribution in [3.8, 4) is 11.5 Å². The van der Waals surface area contributed by atoms with Crippen LogP contribution in [0, 0.1) is 0 Å². The first-order valence-corrected chi connectivity index (χ1v) is 8.21. The Labute approximate surface area is 157 Å². The van der Waals surface area contributed by atoms with Gasteiger partial charge in [0.05, 0.1) is 26.3 Å². The zero-order valence-electron chi connectivity index (χ0n) is 15.4. The van der Waals surface area contributed by atoms with Gasteiger partial charge in [0, 0.05) is 5.56 Å². The van der Waals surface area contributed by atoms with Crippen molar-refractivity contribution >= 4 is 23.3 Å². The first-order valence-electron chi connectivity index (χ1n) is 8.21. The minimum Gasteiger partial charge on any atom is -0.493 e. The highest BCUT2D eigenvalue weighted by atomic mass is 16.5. The topological polar surface area (TPSA) is 90.9 Å². The molecule has 2 aromatic rings. The van der Waals surface area contributed by atoms with Crippen molar-refractivity contribution in [2.75, 3.05) is 26.1 Å². The smallest absolute Gasteiger partial charge is 0.310 e. The van der Waals surface area contributed by atoms with Gasteiger partial charge in [0.2, 0.25) is 0 Å². The van der Waals surface area contributed by atoms with Gasteiger partial charge in [-0.15, -0.1) is 0 Å². The van der Waals surface area contributed by atoms with Crippen molar-refractivity contribution in [2.24, 2.45) is 0 Å². The summed E-state index contributed by atoms with van der Waals surface area (Å²) in [6, 6.07) is 11.7. The predicted octanol–water partition coefficient (Wildman–Crippen LogP) is 2.63. The van der Waals surface area contributed by atoms with Gasteiger partial charge in [-0.2, -0.15) is 0 Å². The number of anilines is 1. The Balaban J connectivity index is 1.90. The molecule has 0 aliphatic carbocycles. The van der Waals surface area contributed by atoms with Crippen LogP contribution in [0.15, 0.2) is 42.5 Å². The van der Waals surface area contributed by atoms with Crippen LogP contribution in [0.1, 0.15) is 22.8 Å². The van der Waals surface area contributed by atoms with E-state index in [0.29, 0.717) is 28.3 Å². The van der Waals surface area contributed by atoms with Crippen LogP contribution in [0.25, 0.3) is 0 Å². The van der Waals surface area contributed by atoms with Crippen molar-refractivity contribution in [1.29, 1.82) is 0 Å². The lowest BCUT2D eigenvalue weighted by molar-refractivity contribution is -0.146. The molecule has 1 amide bonds. The van der Waals surface area contributed by atoms with Crippen LogP contribution in [-0.2, 0) is 20.7 Å². The number of amides is 1. The second-order valence-electron chi connectivity index (χ2n) is 5.68. The number of ketones is 1. The average Bonchev–Trinajstić information content (AvgIpc) is 2.66. The summed E-state index contributed by atoms with van der Waals surface area (Å²) in [7, 11) is 3.03. The summed E-state index contributed by atoms with van der Waals surface area (Å²) in [5.41, 5.74) is 1.44. The number of ether oxygens (including phenoxy) is 3. The molecular formula is C20H21NO6. The Kier molecular flexibility index (Phi) is 6.93. The van der Waals surface area contributed by atoms with Crippen LogP contribution in [0.2, 0.25) is 0 Å². The number of methoxy groups -OCH3 is 2. The Morgan fingerprint density at radius 1 is 0.963 bits per heavy atom. The molecule has 0 bridgehead atoms. The van der Waals surface area contributed by atoms with Crippen molar-refractivity contribution in [3.63, 3.8) is 0 Å². The SMILES string of the molecule is COc1ccc(CC(=O)OCC(=O)Nc2ccccc2C(C)=O)cc1OC. The third-order valence-corrected chi connectivity index (χ3v) is 3.74. The summed E-state index contributed by atoms with van der Waals surface area (Å²) in [6.45, 7) is 0.965. The molecule has 7 nitrogen and oxygen atoms in total. The van der Waals surface area contributed by atoms with E-state index in [1.165, 1.54) is 21.1 Å². The highest BCUT2D eigenvalue weighted by Gasteiger charge is 2.13. The molecule has 2 aromatic carbocycles. The molecule has 0 saturated heterocycles. The molecule has 0 unspecified atom stereocenters. The monoisotopic (exact) mass is 371 g/mol. The fourth-order valence-corrected chi connectivity index (χ4v) is 2.44. The minimum atomic E-state index is -0.558. The van der Waals surface area contributed by atoms with Gasteiger partial charge in [0.15, 0.2) is 23.9 Å². The Morgan fingerprint density at radius 3 is 2.33 bits per heavy atom. The first kappa shape index (κ1) is 20.0. The normalized spacial score (nSPS) is 10.0. The fourth-order valence-electron chi connectivity index (χ4n) is 2.44. The lowest BCUT2D eigenvalue weighted by atomic mass is 10.1. The van der Waals surface area contributed by atoms with E-state index in [4.69, 9.17) is 14.2 Å². The molecule has 27 heavy (non-hydrogen) atoms. The number of carbonyl (C=O) groups excluding carboxylic acids is 3. The Morgan fingerprint density at radius 2 is 1.67 bits per heavy atom. The quantitative estimate of drug-likeness (QED) is 0.567. The average molecular weight is 371 g/mol. The van der Waals surface area contributed by atoms with E-state index in [1.807, 2.05) is 0 Å². The Hall–Kier alpha value is -3.35. The summed E-state index contributed by atoms with van der Waals surface area (Å²) >= 11 is 0. The summed E-state index contributed by atoms with van der Waals surface area (Å²) < 4.78 is 15.3. The molecule has 0 aliphatic heterocycles. The van der Waals surface area contributed by atoms with Gasteiger partial charge < -0.3 is 19.5 Å². The molecule has 142 valence electrons. The number of para-hydroxylation sites is 1. The molecule has 0 spiro atoms. The fraction of sp³-hybridized carbons (Fsp3) is 0.250. The second-order valence-corrected chi connectivity index (χ2v) is 5.68. The van der Waals surface area contributed by atoms with Crippen LogP contribution in [-0.4, -0.2) is 38.5 Å². The van der Waals surface area contributed by atoms with E-state index in [9.17, 15) is 14.4 Å². The molecule has 2 rings (SSSR count). The number of rotatable bonds is 8. The van der Waals surface area contributed by atoms with Gasteiger partial charge in [0.1, 0.15) is 0 Å². The third-order valence-electron chi connectivity index (χ3n) is 3.74. The van der Waals surface area contributed by atoms with Gasteiger partial charge in [-0.25, -0.2) is 0 Å². The number of esters is 1. The number of Topliss-reactive ketones (excluding diaryl/α,β-unsaturated/α-hetero) is 1. The van der Waals surface area contributed by atoms with Crippen molar-refractivity contribution in [2.45, 2.75) is 13.3 Å². The number of hydrogen-bond acceptors (Lipinski definition) is 6. The van der Waals surface area contributed by atoms with Gasteiger partial charge in [-0.1, -0.05) is 18.2 Å². The molecule has 0 heterocycles. The van der Waals surface area contributed by atoms with E-state index < -0.39 is 18.5 Å². The van der Waals surface area contributed by atoms with Crippen LogP contribution in [0.3, 0.4) is 0 Å². The number of carbonyl (C=O) groups is 3. The lowest BCUT2D eigenvalue weighted by Gasteiger charge is -2.11. The van der Waals surface area contributed by atoms with Crippen LogP contribution < -0.4 is 14.8 Å². The molecule has 0 saturated carbocycles. The number of hydrogen-bond donors (Lipinski definition) is 1. The zero-order valence-corrected chi connectivity index (χ0v) is 15.4. The van der Waals surface area contributed by atoms with E-state index in [-0.39, 0.29) is 12.2 Å². The second kappa shape index (κ2) is 9.38. The molecular weight excluding hydrogens is 350 g/mol. The van der Waals surface area contributed by atoms with Gasteiger partial charge in [0.25, 0.3) is 5.91 Å². The standard InChI is InChI=1S/C20H21NO6/c1-13(22)15-6-4-5-7-16(15)21-19(23)12-27-20(24)11-14-8-9-17(25-2)18(10-14)26-3/h4-10H,11-12H2,1-3H3,(H,21,23). The lowest BCUT2D eigenvalue weighted by Crippen LogP contribution is -2.22. The highest BCUT2D eigenvalue weighted by molar-refractivity contribution is 6.04. The first-order chi connectivity index (χ1) is 12.9. The maximum atomic E-state index is 12.0. The number of nitrogens with one attached hydrogen (secondary N) is 1. The van der Waals surface area contributed by atoms with E-state index >= 15 is 0 Å². The summed E-state index contributed by atoms with van der Waals surface area (Å²) in [5.74, 6) is -0.197. The van der Waals surface area contributed by atoms with Crippen molar-refractivity contribution < 1.29 is 28.6 Å². The molecule has 1 N–H and O–H groups in total. The molecule has 0 fully saturated rings. The van der Waals surface area contributed by atoms with E-state index in [2.05, 4.69) is 5.32 Å². The maximum absolute atomic E-state index is 12.0.